The standard InChI is InChI=1S/C15H22O2/c16-12-9-11-5-1-2-6-13(11)15(10-12)8-4-3-7-14(15)17/h11,13H,1-10H2. The third-order valence-corrected chi connectivity index (χ3v) is 5.45. The molecule has 3 fully saturated rings. The zero-order valence-electron chi connectivity index (χ0n) is 10.5. The van der Waals surface area contributed by atoms with Gasteiger partial charge in [0.2, 0.25) is 0 Å². The highest BCUT2D eigenvalue weighted by molar-refractivity contribution is 5.93. The zero-order chi connectivity index (χ0) is 11.9. The van der Waals surface area contributed by atoms with Gasteiger partial charge in [-0.05, 0) is 37.5 Å². The van der Waals surface area contributed by atoms with Crippen molar-refractivity contribution in [2.75, 3.05) is 0 Å². The fraction of sp³-hybridized carbons (Fsp3) is 0.867. The summed E-state index contributed by atoms with van der Waals surface area (Å²) in [6.07, 6.45) is 10.2. The molecule has 0 aromatic rings. The van der Waals surface area contributed by atoms with Crippen LogP contribution in [0.1, 0.15) is 64.2 Å². The van der Waals surface area contributed by atoms with Crippen LogP contribution >= 0.6 is 0 Å². The minimum absolute atomic E-state index is 0.210. The Bertz CT molecular complexity index is 347. The average Bonchev–Trinajstić information content (AvgIpc) is 2.33. The summed E-state index contributed by atoms with van der Waals surface area (Å²) >= 11 is 0. The second-order valence-electron chi connectivity index (χ2n) is 6.36. The molecule has 0 aromatic carbocycles. The first-order valence-corrected chi connectivity index (χ1v) is 7.27. The monoisotopic (exact) mass is 234 g/mol. The van der Waals surface area contributed by atoms with Crippen LogP contribution < -0.4 is 0 Å². The number of ketones is 2. The normalized spacial score (nSPS) is 42.6. The van der Waals surface area contributed by atoms with Gasteiger partial charge in [0.15, 0.2) is 0 Å². The molecule has 0 amide bonds. The van der Waals surface area contributed by atoms with Gasteiger partial charge in [0.25, 0.3) is 0 Å². The second kappa shape index (κ2) is 4.22. The molecule has 0 N–H and O–H groups in total. The molecule has 3 aliphatic carbocycles. The van der Waals surface area contributed by atoms with Crippen LogP contribution in [-0.4, -0.2) is 11.6 Å². The topological polar surface area (TPSA) is 34.1 Å². The van der Waals surface area contributed by atoms with Crippen molar-refractivity contribution >= 4 is 11.6 Å². The lowest BCUT2D eigenvalue weighted by atomic mass is 9.52. The lowest BCUT2D eigenvalue weighted by Gasteiger charge is -2.50. The van der Waals surface area contributed by atoms with E-state index < -0.39 is 0 Å². The summed E-state index contributed by atoms with van der Waals surface area (Å²) in [5.41, 5.74) is -0.210. The van der Waals surface area contributed by atoms with Gasteiger partial charge in [-0.25, -0.2) is 0 Å². The average molecular weight is 234 g/mol. The fourth-order valence-electron chi connectivity index (χ4n) is 4.72. The smallest absolute Gasteiger partial charge is 0.139 e. The van der Waals surface area contributed by atoms with Crippen LogP contribution in [-0.2, 0) is 9.59 Å². The molecule has 0 radical (unpaired) electrons. The maximum atomic E-state index is 12.4. The Labute approximate surface area is 103 Å². The Hall–Kier alpha value is -0.660. The highest BCUT2D eigenvalue weighted by Crippen LogP contribution is 2.54. The maximum Gasteiger partial charge on any atom is 0.139 e. The van der Waals surface area contributed by atoms with E-state index >= 15 is 0 Å². The predicted molar refractivity (Wildman–Crippen MR) is 65.6 cm³/mol. The van der Waals surface area contributed by atoms with Crippen LogP contribution in [0.25, 0.3) is 0 Å². The van der Waals surface area contributed by atoms with Gasteiger partial charge in [0, 0.05) is 24.7 Å². The molecular weight excluding hydrogens is 212 g/mol. The molecule has 0 bridgehead atoms. The number of Topliss-reactive ketones (excluding diaryl/α,β-unsaturated/α-hetero) is 2. The van der Waals surface area contributed by atoms with Crippen molar-refractivity contribution in [1.29, 1.82) is 0 Å². The molecule has 94 valence electrons. The highest BCUT2D eigenvalue weighted by Gasteiger charge is 2.53. The van der Waals surface area contributed by atoms with Crippen LogP contribution in [0.5, 0.6) is 0 Å². The molecule has 3 atom stereocenters. The Balaban J connectivity index is 1.94. The fourth-order valence-corrected chi connectivity index (χ4v) is 4.72. The van der Waals surface area contributed by atoms with Gasteiger partial charge in [0.1, 0.15) is 11.6 Å². The summed E-state index contributed by atoms with van der Waals surface area (Å²) in [4.78, 5) is 24.4. The van der Waals surface area contributed by atoms with E-state index in [0.717, 1.165) is 32.1 Å². The van der Waals surface area contributed by atoms with Crippen LogP contribution in [0.15, 0.2) is 0 Å². The third-order valence-electron chi connectivity index (χ3n) is 5.45. The van der Waals surface area contributed by atoms with Gasteiger partial charge in [-0.1, -0.05) is 19.3 Å². The largest absolute Gasteiger partial charge is 0.300 e. The van der Waals surface area contributed by atoms with Crippen molar-refractivity contribution in [2.24, 2.45) is 17.3 Å². The minimum atomic E-state index is -0.210. The molecule has 2 heteroatoms. The van der Waals surface area contributed by atoms with E-state index in [2.05, 4.69) is 0 Å². The number of hydrogen-bond acceptors (Lipinski definition) is 2. The van der Waals surface area contributed by atoms with E-state index in [9.17, 15) is 9.59 Å². The molecule has 3 rings (SSSR count). The minimum Gasteiger partial charge on any atom is -0.300 e. The molecule has 3 saturated carbocycles. The molecule has 0 saturated heterocycles. The summed E-state index contributed by atoms with van der Waals surface area (Å²) in [7, 11) is 0. The number of carbonyl (C=O) groups is 2. The molecule has 0 aromatic heterocycles. The predicted octanol–water partition coefficient (Wildman–Crippen LogP) is 3.29. The number of rotatable bonds is 0. The van der Waals surface area contributed by atoms with Crippen LogP contribution in [0.2, 0.25) is 0 Å². The van der Waals surface area contributed by atoms with Gasteiger partial charge < -0.3 is 0 Å². The quantitative estimate of drug-likeness (QED) is 0.644. The summed E-state index contributed by atoms with van der Waals surface area (Å²) in [5.74, 6) is 1.87. The van der Waals surface area contributed by atoms with E-state index in [1.807, 2.05) is 0 Å². The molecule has 2 nitrogen and oxygen atoms in total. The van der Waals surface area contributed by atoms with Crippen molar-refractivity contribution in [2.45, 2.75) is 64.2 Å². The summed E-state index contributed by atoms with van der Waals surface area (Å²) < 4.78 is 0. The molecule has 1 spiro atoms. The first-order chi connectivity index (χ1) is 8.22. The lowest BCUT2D eigenvalue weighted by molar-refractivity contribution is -0.149. The van der Waals surface area contributed by atoms with Crippen LogP contribution in [0.4, 0.5) is 0 Å². The zero-order valence-corrected chi connectivity index (χ0v) is 10.5. The van der Waals surface area contributed by atoms with Crippen molar-refractivity contribution in [1.82, 2.24) is 0 Å². The summed E-state index contributed by atoms with van der Waals surface area (Å²) in [6, 6.07) is 0. The lowest BCUT2D eigenvalue weighted by Crippen LogP contribution is -2.50. The SMILES string of the molecule is O=C1CC2CCCCC2C2(CCCCC2=O)C1. The van der Waals surface area contributed by atoms with Crippen LogP contribution in [0.3, 0.4) is 0 Å². The van der Waals surface area contributed by atoms with E-state index in [-0.39, 0.29) is 5.41 Å². The Morgan fingerprint density at radius 2 is 1.82 bits per heavy atom. The van der Waals surface area contributed by atoms with Crippen molar-refractivity contribution in [3.63, 3.8) is 0 Å². The molecule has 3 aliphatic rings. The number of hydrogen-bond donors (Lipinski definition) is 0. The maximum absolute atomic E-state index is 12.4. The molecular formula is C15H22O2. The van der Waals surface area contributed by atoms with Gasteiger partial charge in [-0.2, -0.15) is 0 Å². The van der Waals surface area contributed by atoms with E-state index in [0.29, 0.717) is 29.8 Å². The number of fused-ring (bicyclic) bond motifs is 2. The van der Waals surface area contributed by atoms with Gasteiger partial charge in [-0.15, -0.1) is 0 Å². The molecule has 17 heavy (non-hydrogen) atoms. The Morgan fingerprint density at radius 1 is 1.00 bits per heavy atom. The third kappa shape index (κ3) is 1.76. The van der Waals surface area contributed by atoms with Crippen molar-refractivity contribution in [3.05, 3.63) is 0 Å². The Morgan fingerprint density at radius 3 is 2.65 bits per heavy atom. The first kappa shape index (κ1) is 11.4. The highest BCUT2D eigenvalue weighted by atomic mass is 16.1. The van der Waals surface area contributed by atoms with E-state index in [4.69, 9.17) is 0 Å². The van der Waals surface area contributed by atoms with E-state index in [1.54, 1.807) is 0 Å². The molecule has 3 unspecified atom stereocenters. The second-order valence-corrected chi connectivity index (χ2v) is 6.36. The van der Waals surface area contributed by atoms with Gasteiger partial charge in [-0.3, -0.25) is 9.59 Å². The van der Waals surface area contributed by atoms with E-state index in [1.165, 1.54) is 25.7 Å². The number of carbonyl (C=O) groups excluding carboxylic acids is 2. The van der Waals surface area contributed by atoms with Crippen molar-refractivity contribution in [3.8, 4) is 0 Å². The molecule has 0 heterocycles. The van der Waals surface area contributed by atoms with Gasteiger partial charge >= 0.3 is 0 Å². The molecule has 0 aliphatic heterocycles. The summed E-state index contributed by atoms with van der Waals surface area (Å²) in [5, 5.41) is 0. The van der Waals surface area contributed by atoms with Crippen LogP contribution in [0, 0.1) is 17.3 Å². The van der Waals surface area contributed by atoms with Crippen molar-refractivity contribution < 1.29 is 9.59 Å². The first-order valence-electron chi connectivity index (χ1n) is 7.27. The van der Waals surface area contributed by atoms with Gasteiger partial charge in [0.05, 0.1) is 0 Å². The Kier molecular flexibility index (Phi) is 2.84. The summed E-state index contributed by atoms with van der Waals surface area (Å²) in [6.45, 7) is 0.